The zero-order valence-corrected chi connectivity index (χ0v) is 15.2. The van der Waals surface area contributed by atoms with Gasteiger partial charge in [-0.3, -0.25) is 9.97 Å². The smallest absolute Gasteiger partial charge is 0.0885 e. The monoisotopic (exact) mass is 357 g/mol. The number of hydrogen-bond donors (Lipinski definition) is 1. The van der Waals surface area contributed by atoms with Gasteiger partial charge in [-0.1, -0.05) is 18.2 Å². The molecule has 0 aliphatic carbocycles. The van der Waals surface area contributed by atoms with Gasteiger partial charge in [0.1, 0.15) is 0 Å². The summed E-state index contributed by atoms with van der Waals surface area (Å²) in [6, 6.07) is 15.9. The molecule has 5 rings (SSSR count). The molecule has 1 aliphatic heterocycles. The van der Waals surface area contributed by atoms with Crippen molar-refractivity contribution in [3.05, 3.63) is 83.1 Å². The summed E-state index contributed by atoms with van der Waals surface area (Å²) in [6.07, 6.45) is 6.41. The van der Waals surface area contributed by atoms with Crippen LogP contribution in [0.4, 0.5) is 0 Å². The topological polar surface area (TPSA) is 37.8 Å². The lowest BCUT2D eigenvalue weighted by Gasteiger charge is -2.19. The van der Waals surface area contributed by atoms with Crippen molar-refractivity contribution >= 4 is 21.4 Å². The quantitative estimate of drug-likeness (QED) is 0.549. The summed E-state index contributed by atoms with van der Waals surface area (Å²) in [5.74, 6) is 0.431. The molecular formula is C22H19N3S. The molecule has 0 amide bonds. The van der Waals surface area contributed by atoms with E-state index >= 15 is 0 Å². The molecule has 3 heterocycles. The van der Waals surface area contributed by atoms with Gasteiger partial charge in [-0.15, -0.1) is 11.3 Å². The molecule has 4 aromatic rings. The molecular weight excluding hydrogens is 338 g/mol. The Bertz CT molecular complexity index is 1060. The first-order chi connectivity index (χ1) is 12.9. The van der Waals surface area contributed by atoms with Crippen LogP contribution in [0.3, 0.4) is 0 Å². The van der Waals surface area contributed by atoms with Gasteiger partial charge in [0.25, 0.3) is 0 Å². The Labute approximate surface area is 156 Å². The summed E-state index contributed by atoms with van der Waals surface area (Å²) in [5, 5.41) is 7.10. The average molecular weight is 357 g/mol. The van der Waals surface area contributed by atoms with E-state index in [0.29, 0.717) is 5.92 Å². The molecule has 0 saturated carbocycles. The molecule has 4 heteroatoms. The maximum atomic E-state index is 4.45. The molecule has 1 unspecified atom stereocenters. The van der Waals surface area contributed by atoms with Crippen molar-refractivity contribution in [1.29, 1.82) is 0 Å². The molecule has 3 nitrogen and oxygen atoms in total. The minimum absolute atomic E-state index is 0.431. The third-order valence-electron chi connectivity index (χ3n) is 5.18. The number of aromatic nitrogens is 2. The van der Waals surface area contributed by atoms with Crippen molar-refractivity contribution in [2.24, 2.45) is 0 Å². The van der Waals surface area contributed by atoms with Gasteiger partial charge >= 0.3 is 0 Å². The second-order valence-corrected chi connectivity index (χ2v) is 7.69. The van der Waals surface area contributed by atoms with Crippen molar-refractivity contribution in [1.82, 2.24) is 15.3 Å². The molecule has 0 spiro atoms. The molecule has 1 aliphatic rings. The Balaban J connectivity index is 1.59. The highest BCUT2D eigenvalue weighted by atomic mass is 32.1. The number of rotatable bonds is 2. The first-order valence-corrected chi connectivity index (χ1v) is 9.83. The van der Waals surface area contributed by atoms with Crippen LogP contribution in [0.5, 0.6) is 0 Å². The Morgan fingerprint density at radius 2 is 2.04 bits per heavy atom. The molecule has 1 atom stereocenters. The molecule has 1 N–H and O–H groups in total. The number of thiophene rings is 1. The molecule has 0 bridgehead atoms. The fraction of sp³-hybridized carbons (Fsp3) is 0.182. The lowest BCUT2D eigenvalue weighted by Crippen LogP contribution is -2.12. The first kappa shape index (κ1) is 15.7. The Morgan fingerprint density at radius 1 is 1.04 bits per heavy atom. The summed E-state index contributed by atoms with van der Waals surface area (Å²) < 4.78 is 1.36. The summed E-state index contributed by atoms with van der Waals surface area (Å²) in [5.41, 5.74) is 6.26. The highest BCUT2D eigenvalue weighted by molar-refractivity contribution is 7.17. The summed E-state index contributed by atoms with van der Waals surface area (Å²) in [6.45, 7) is 1.93. The van der Waals surface area contributed by atoms with Crippen molar-refractivity contribution in [2.45, 2.75) is 18.9 Å². The molecule has 128 valence electrons. The van der Waals surface area contributed by atoms with Crippen molar-refractivity contribution < 1.29 is 0 Å². The molecule has 2 aromatic carbocycles. The number of nitrogens with one attached hydrogen (secondary N) is 1. The maximum Gasteiger partial charge on any atom is 0.0885 e. The van der Waals surface area contributed by atoms with Crippen LogP contribution >= 0.6 is 11.3 Å². The lowest BCUT2D eigenvalue weighted by atomic mass is 9.85. The Kier molecular flexibility index (Phi) is 4.00. The molecule has 0 radical (unpaired) electrons. The Morgan fingerprint density at radius 3 is 2.96 bits per heavy atom. The van der Waals surface area contributed by atoms with E-state index in [9.17, 15) is 0 Å². The molecule has 0 saturated heterocycles. The summed E-state index contributed by atoms with van der Waals surface area (Å²) >= 11 is 1.81. The van der Waals surface area contributed by atoms with Crippen molar-refractivity contribution in [3.63, 3.8) is 0 Å². The van der Waals surface area contributed by atoms with Gasteiger partial charge in [0.2, 0.25) is 0 Å². The first-order valence-electron chi connectivity index (χ1n) is 8.95. The second kappa shape index (κ2) is 6.63. The van der Waals surface area contributed by atoms with E-state index in [1.165, 1.54) is 26.8 Å². The van der Waals surface area contributed by atoms with E-state index < -0.39 is 0 Å². The van der Waals surface area contributed by atoms with Gasteiger partial charge in [0, 0.05) is 35.1 Å². The van der Waals surface area contributed by atoms with E-state index in [1.807, 2.05) is 6.20 Å². The number of nitrogens with zero attached hydrogens (tertiary/aromatic N) is 2. The van der Waals surface area contributed by atoms with Crippen LogP contribution in [-0.4, -0.2) is 16.5 Å². The van der Waals surface area contributed by atoms with Crippen LogP contribution in [0.25, 0.3) is 21.3 Å². The predicted octanol–water partition coefficient (Wildman–Crippen LogP) is 4.98. The van der Waals surface area contributed by atoms with Gasteiger partial charge in [0.15, 0.2) is 0 Å². The molecule has 2 aromatic heterocycles. The van der Waals surface area contributed by atoms with Gasteiger partial charge < -0.3 is 5.32 Å². The predicted molar refractivity (Wildman–Crippen MR) is 107 cm³/mol. The zero-order valence-electron chi connectivity index (χ0n) is 14.4. The van der Waals surface area contributed by atoms with E-state index in [0.717, 1.165) is 30.8 Å². The zero-order chi connectivity index (χ0) is 17.3. The number of hydrogen-bond acceptors (Lipinski definition) is 4. The van der Waals surface area contributed by atoms with Crippen LogP contribution < -0.4 is 5.32 Å². The van der Waals surface area contributed by atoms with Crippen molar-refractivity contribution in [2.75, 3.05) is 6.54 Å². The number of fused-ring (bicyclic) bond motifs is 2. The standard InChI is InChI=1S/C22H19N3S/c1-3-19-18(12-16(1)21-14-24-8-9-25-21)13-23-7-5-20(19)15-2-4-22-17(11-15)6-10-26-22/h1-4,6,8-12,14,20,23H,5,7,13H2. The normalized spacial score (nSPS) is 17.0. The lowest BCUT2D eigenvalue weighted by molar-refractivity contribution is 0.647. The fourth-order valence-electron chi connectivity index (χ4n) is 3.88. The highest BCUT2D eigenvalue weighted by Gasteiger charge is 2.21. The second-order valence-electron chi connectivity index (χ2n) is 6.74. The van der Waals surface area contributed by atoms with Gasteiger partial charge in [-0.25, -0.2) is 0 Å². The largest absolute Gasteiger partial charge is 0.313 e. The van der Waals surface area contributed by atoms with Crippen molar-refractivity contribution in [3.8, 4) is 11.3 Å². The summed E-state index contributed by atoms with van der Waals surface area (Å²) in [7, 11) is 0. The average Bonchev–Trinajstić information content (AvgIpc) is 3.06. The highest BCUT2D eigenvalue weighted by Crippen LogP contribution is 2.36. The van der Waals surface area contributed by atoms with E-state index in [4.69, 9.17) is 0 Å². The minimum atomic E-state index is 0.431. The van der Waals surface area contributed by atoms with Gasteiger partial charge in [0.05, 0.1) is 11.9 Å². The minimum Gasteiger partial charge on any atom is -0.313 e. The van der Waals surface area contributed by atoms with Gasteiger partial charge in [-0.2, -0.15) is 0 Å². The third kappa shape index (κ3) is 2.81. The maximum absolute atomic E-state index is 4.45. The Hall–Kier alpha value is -2.56. The van der Waals surface area contributed by atoms with Crippen LogP contribution in [0, 0.1) is 0 Å². The van der Waals surface area contributed by atoms with Gasteiger partial charge in [-0.05, 0) is 64.7 Å². The molecule has 0 fully saturated rings. The van der Waals surface area contributed by atoms with Crippen LogP contribution in [0.15, 0.2) is 66.4 Å². The summed E-state index contributed by atoms with van der Waals surface area (Å²) in [4.78, 5) is 8.65. The fourth-order valence-corrected chi connectivity index (χ4v) is 4.65. The van der Waals surface area contributed by atoms with E-state index in [1.54, 1.807) is 23.7 Å². The third-order valence-corrected chi connectivity index (χ3v) is 6.08. The van der Waals surface area contributed by atoms with Crippen LogP contribution in [0.1, 0.15) is 29.0 Å². The van der Waals surface area contributed by atoms with E-state index in [2.05, 4.69) is 63.1 Å². The van der Waals surface area contributed by atoms with E-state index in [-0.39, 0.29) is 0 Å². The number of benzene rings is 2. The SMILES string of the molecule is c1cnc(-c2ccc3c(c2)CNCCC3c2ccc3sccc3c2)cn1. The van der Waals surface area contributed by atoms with Crippen LogP contribution in [-0.2, 0) is 6.54 Å². The van der Waals surface area contributed by atoms with Crippen LogP contribution in [0.2, 0.25) is 0 Å². The molecule has 26 heavy (non-hydrogen) atoms.